The molecule has 7 N–H and O–H groups in total. The quantitative estimate of drug-likeness (QED) is 0.475. The lowest BCUT2D eigenvalue weighted by Gasteiger charge is -1.92. The first-order valence-electron chi connectivity index (χ1n) is 2.76. The molecule has 0 spiro atoms. The highest BCUT2D eigenvalue weighted by atomic mass is 16.4. The standard InChI is InChI=1S/C6H5NO4.2H2O/c8-4-1-3(6(10)11)7-2-5(4)9;;/h1-2,9H,(H,7,8)(H,10,11);2*1H2. The number of H-pyrrole nitrogens is 1. The minimum Gasteiger partial charge on any atom is -0.503 e. The molecule has 13 heavy (non-hydrogen) atoms. The fraction of sp³-hybridized carbons (Fsp3) is 0. The number of hydrogen-bond acceptors (Lipinski definition) is 3. The van der Waals surface area contributed by atoms with E-state index < -0.39 is 17.1 Å². The third kappa shape index (κ3) is 2.93. The summed E-state index contributed by atoms with van der Waals surface area (Å²) in [6.07, 6.45) is 0.936. The van der Waals surface area contributed by atoms with E-state index in [0.717, 1.165) is 12.3 Å². The number of aromatic carboxylic acids is 1. The number of aromatic hydroxyl groups is 1. The van der Waals surface area contributed by atoms with E-state index >= 15 is 0 Å². The number of carboxylic acids is 1. The molecular weight excluding hydrogens is 182 g/mol. The second-order valence-electron chi connectivity index (χ2n) is 1.90. The Labute approximate surface area is 71.9 Å². The van der Waals surface area contributed by atoms with Crippen LogP contribution in [0.2, 0.25) is 0 Å². The Balaban J connectivity index is 0. The van der Waals surface area contributed by atoms with Gasteiger partial charge in [-0.25, -0.2) is 4.79 Å². The maximum absolute atomic E-state index is 10.6. The van der Waals surface area contributed by atoms with Crippen LogP contribution in [0.15, 0.2) is 17.1 Å². The van der Waals surface area contributed by atoms with Crippen LogP contribution in [0, 0.1) is 0 Å². The predicted molar refractivity (Wildman–Crippen MR) is 42.9 cm³/mol. The molecular formula is C6H9NO6. The lowest BCUT2D eigenvalue weighted by atomic mass is 10.3. The van der Waals surface area contributed by atoms with Gasteiger partial charge in [0.15, 0.2) is 5.75 Å². The summed E-state index contributed by atoms with van der Waals surface area (Å²) in [5.74, 6) is -1.72. The monoisotopic (exact) mass is 191 g/mol. The second-order valence-corrected chi connectivity index (χ2v) is 1.90. The van der Waals surface area contributed by atoms with Crippen LogP contribution in [0.5, 0.6) is 5.75 Å². The molecule has 1 aromatic rings. The zero-order chi connectivity index (χ0) is 8.43. The minimum absolute atomic E-state index is 0. The highest BCUT2D eigenvalue weighted by Crippen LogP contribution is 1.97. The van der Waals surface area contributed by atoms with Gasteiger partial charge in [0.2, 0.25) is 5.43 Å². The summed E-state index contributed by atoms with van der Waals surface area (Å²) < 4.78 is 0. The van der Waals surface area contributed by atoms with Crippen LogP contribution in [-0.4, -0.2) is 32.1 Å². The van der Waals surface area contributed by atoms with Gasteiger partial charge in [0.1, 0.15) is 5.69 Å². The number of carboxylic acid groups (broad SMARTS) is 1. The highest BCUT2D eigenvalue weighted by Gasteiger charge is 2.04. The van der Waals surface area contributed by atoms with Gasteiger partial charge in [-0.05, 0) is 0 Å². The summed E-state index contributed by atoms with van der Waals surface area (Å²) in [5.41, 5.74) is -0.950. The molecule has 0 radical (unpaired) electrons. The van der Waals surface area contributed by atoms with E-state index in [1.165, 1.54) is 0 Å². The molecule has 0 atom stereocenters. The number of nitrogens with one attached hydrogen (secondary N) is 1. The Morgan fingerprint density at radius 1 is 1.38 bits per heavy atom. The lowest BCUT2D eigenvalue weighted by molar-refractivity contribution is 0.0690. The molecule has 0 saturated carbocycles. The van der Waals surface area contributed by atoms with Crippen molar-refractivity contribution in [2.45, 2.75) is 0 Å². The van der Waals surface area contributed by atoms with Crippen LogP contribution >= 0.6 is 0 Å². The summed E-state index contributed by atoms with van der Waals surface area (Å²) in [6, 6.07) is 0.817. The van der Waals surface area contributed by atoms with Crippen molar-refractivity contribution in [3.8, 4) is 5.75 Å². The minimum atomic E-state index is -1.23. The number of carbonyl (C=O) groups is 1. The smallest absolute Gasteiger partial charge is 0.352 e. The number of rotatable bonds is 1. The highest BCUT2D eigenvalue weighted by molar-refractivity contribution is 5.85. The fourth-order valence-corrected chi connectivity index (χ4v) is 0.587. The van der Waals surface area contributed by atoms with Crippen molar-refractivity contribution in [1.82, 2.24) is 4.98 Å². The molecule has 1 heterocycles. The Bertz CT molecular complexity index is 343. The maximum atomic E-state index is 10.6. The topological polar surface area (TPSA) is 153 Å². The number of hydrogen-bond donors (Lipinski definition) is 3. The van der Waals surface area contributed by atoms with Gasteiger partial charge in [-0.1, -0.05) is 0 Å². The molecule has 0 bridgehead atoms. The number of aromatic amines is 1. The van der Waals surface area contributed by atoms with Gasteiger partial charge in [0, 0.05) is 12.3 Å². The van der Waals surface area contributed by atoms with E-state index in [-0.39, 0.29) is 16.6 Å². The Morgan fingerprint density at radius 2 is 1.92 bits per heavy atom. The van der Waals surface area contributed by atoms with Gasteiger partial charge >= 0.3 is 5.97 Å². The summed E-state index contributed by atoms with van der Waals surface area (Å²) in [7, 11) is 0. The zero-order valence-corrected chi connectivity index (χ0v) is 6.37. The van der Waals surface area contributed by atoms with Crippen molar-refractivity contribution in [3.05, 3.63) is 28.2 Å². The average Bonchev–Trinajstić information content (AvgIpc) is 1.94. The Kier molecular flexibility index (Phi) is 5.17. The van der Waals surface area contributed by atoms with Gasteiger partial charge in [-0.3, -0.25) is 4.79 Å². The van der Waals surface area contributed by atoms with Gasteiger partial charge in [-0.15, -0.1) is 0 Å². The summed E-state index contributed by atoms with van der Waals surface area (Å²) in [4.78, 5) is 23.1. The van der Waals surface area contributed by atoms with E-state index in [1.807, 2.05) is 0 Å². The van der Waals surface area contributed by atoms with Crippen molar-refractivity contribution in [1.29, 1.82) is 0 Å². The molecule has 0 aliphatic rings. The van der Waals surface area contributed by atoms with Gasteiger partial charge < -0.3 is 26.1 Å². The van der Waals surface area contributed by atoms with E-state index in [4.69, 9.17) is 10.2 Å². The molecule has 0 aliphatic heterocycles. The lowest BCUT2D eigenvalue weighted by Crippen LogP contribution is -2.07. The molecule has 0 fully saturated rings. The first-order valence-corrected chi connectivity index (χ1v) is 2.76. The van der Waals surface area contributed by atoms with Crippen LogP contribution in [-0.2, 0) is 0 Å². The summed E-state index contributed by atoms with van der Waals surface area (Å²) >= 11 is 0. The van der Waals surface area contributed by atoms with Crippen LogP contribution in [0.3, 0.4) is 0 Å². The van der Waals surface area contributed by atoms with Gasteiger partial charge in [0.25, 0.3) is 0 Å². The molecule has 0 unspecified atom stereocenters. The molecule has 0 aliphatic carbocycles. The Hall–Kier alpha value is -1.86. The second kappa shape index (κ2) is 4.91. The molecule has 7 nitrogen and oxygen atoms in total. The molecule has 0 saturated heterocycles. The number of pyridine rings is 1. The van der Waals surface area contributed by atoms with E-state index in [9.17, 15) is 9.59 Å². The van der Waals surface area contributed by atoms with Crippen LogP contribution < -0.4 is 5.43 Å². The first-order chi connectivity index (χ1) is 5.11. The molecule has 1 aromatic heterocycles. The SMILES string of the molecule is O.O.O=C(O)c1cc(=O)c(O)c[nH]1. The predicted octanol–water partition coefficient (Wildman–Crippen LogP) is -1.87. The summed E-state index contributed by atoms with van der Waals surface area (Å²) in [6.45, 7) is 0. The molecule has 1 rings (SSSR count). The summed E-state index contributed by atoms with van der Waals surface area (Å²) in [5, 5.41) is 17.0. The first kappa shape index (κ1) is 13.7. The van der Waals surface area contributed by atoms with Gasteiger partial charge in [-0.2, -0.15) is 0 Å². The van der Waals surface area contributed by atoms with E-state index in [2.05, 4.69) is 4.98 Å². The zero-order valence-electron chi connectivity index (χ0n) is 6.37. The molecule has 74 valence electrons. The third-order valence-corrected chi connectivity index (χ3v) is 1.12. The third-order valence-electron chi connectivity index (χ3n) is 1.12. The molecule has 0 aromatic carbocycles. The fourth-order valence-electron chi connectivity index (χ4n) is 0.587. The average molecular weight is 191 g/mol. The van der Waals surface area contributed by atoms with Gasteiger partial charge in [0.05, 0.1) is 0 Å². The van der Waals surface area contributed by atoms with Crippen molar-refractivity contribution >= 4 is 5.97 Å². The van der Waals surface area contributed by atoms with Crippen LogP contribution in [0.1, 0.15) is 10.5 Å². The van der Waals surface area contributed by atoms with Crippen LogP contribution in [0.25, 0.3) is 0 Å². The normalized spacial score (nSPS) is 8.00. The largest absolute Gasteiger partial charge is 0.503 e. The van der Waals surface area contributed by atoms with Crippen LogP contribution in [0.4, 0.5) is 0 Å². The van der Waals surface area contributed by atoms with Crippen molar-refractivity contribution in [3.63, 3.8) is 0 Å². The van der Waals surface area contributed by atoms with E-state index in [0.29, 0.717) is 0 Å². The Morgan fingerprint density at radius 3 is 2.31 bits per heavy atom. The molecule has 7 heteroatoms. The van der Waals surface area contributed by atoms with Crippen molar-refractivity contribution in [2.24, 2.45) is 0 Å². The number of aromatic nitrogens is 1. The van der Waals surface area contributed by atoms with Crippen molar-refractivity contribution < 1.29 is 26.0 Å². The van der Waals surface area contributed by atoms with Crippen molar-refractivity contribution in [2.75, 3.05) is 0 Å². The maximum Gasteiger partial charge on any atom is 0.352 e. The van der Waals surface area contributed by atoms with E-state index in [1.54, 1.807) is 0 Å². The molecule has 0 amide bonds.